The van der Waals surface area contributed by atoms with Crippen molar-refractivity contribution in [1.29, 1.82) is 0 Å². The van der Waals surface area contributed by atoms with Crippen LogP contribution in [0.3, 0.4) is 0 Å². The maximum Gasteiger partial charge on any atom is 0.508 e. The van der Waals surface area contributed by atoms with E-state index >= 15 is 0 Å². The van der Waals surface area contributed by atoms with Crippen LogP contribution in [0.1, 0.15) is 219 Å². The summed E-state index contributed by atoms with van der Waals surface area (Å²) in [5.74, 6) is 0. The number of ether oxygens (including phenoxy) is 2. The molecule has 0 aromatic rings. The number of hydrogen-bond donors (Lipinski definition) is 0. The van der Waals surface area contributed by atoms with Gasteiger partial charge < -0.3 is 9.47 Å². The molecule has 0 aliphatic rings. The van der Waals surface area contributed by atoms with Crippen molar-refractivity contribution in [3.8, 4) is 0 Å². The van der Waals surface area contributed by atoms with Crippen LogP contribution < -0.4 is 0 Å². The Balaban J connectivity index is 3.21. The summed E-state index contributed by atoms with van der Waals surface area (Å²) in [5, 5.41) is 0. The fourth-order valence-corrected chi connectivity index (χ4v) is 5.76. The second-order valence-corrected chi connectivity index (χ2v) is 13.2. The molecule has 0 atom stereocenters. The Morgan fingerprint density at radius 2 is 0.568 bits per heavy atom. The summed E-state index contributed by atoms with van der Waals surface area (Å²) in [6.45, 7) is 5.56. The van der Waals surface area contributed by atoms with Crippen LogP contribution in [0.5, 0.6) is 0 Å². The molecular weight excluding hydrogens is 540 g/mol. The van der Waals surface area contributed by atoms with E-state index in [1.165, 1.54) is 180 Å². The Labute approximate surface area is 276 Å². The second-order valence-electron chi connectivity index (χ2n) is 13.2. The lowest BCUT2D eigenvalue weighted by Gasteiger charge is -2.06. The highest BCUT2D eigenvalue weighted by molar-refractivity contribution is 5.59. The van der Waals surface area contributed by atoms with E-state index < -0.39 is 6.16 Å². The molecule has 0 fully saturated rings. The van der Waals surface area contributed by atoms with Gasteiger partial charge in [-0.2, -0.15) is 0 Å². The van der Waals surface area contributed by atoms with Gasteiger partial charge in [0.2, 0.25) is 0 Å². The number of hydrogen-bond acceptors (Lipinski definition) is 3. The molecule has 0 unspecified atom stereocenters. The van der Waals surface area contributed by atoms with Crippen LogP contribution in [0.2, 0.25) is 0 Å². The fourth-order valence-electron chi connectivity index (χ4n) is 5.76. The molecule has 44 heavy (non-hydrogen) atoms. The molecule has 0 aromatic carbocycles. The molecule has 0 aliphatic heterocycles. The minimum absolute atomic E-state index is 0.481. The first-order valence-corrected chi connectivity index (χ1v) is 19.9. The number of rotatable bonds is 36. The minimum Gasteiger partial charge on any atom is -0.434 e. The molecule has 260 valence electrons. The van der Waals surface area contributed by atoms with E-state index in [1.54, 1.807) is 0 Å². The molecule has 0 N–H and O–H groups in total. The zero-order valence-electron chi connectivity index (χ0n) is 30.1. The molecule has 0 saturated carbocycles. The highest BCUT2D eigenvalue weighted by Crippen LogP contribution is 2.13. The Bertz CT molecular complexity index is 597. The molecule has 0 heterocycles. The third-order valence-electron chi connectivity index (χ3n) is 8.75. The van der Waals surface area contributed by atoms with Crippen LogP contribution in [-0.4, -0.2) is 19.4 Å². The fraction of sp³-hybridized carbons (Fsp3) is 0.878. The second kappa shape index (κ2) is 39.8. The van der Waals surface area contributed by atoms with Gasteiger partial charge in [-0.1, -0.05) is 179 Å². The number of carbonyl (C=O) groups excluding carboxylic acids is 1. The molecular formula is C41H78O3. The van der Waals surface area contributed by atoms with Gasteiger partial charge in [0, 0.05) is 0 Å². The van der Waals surface area contributed by atoms with Crippen molar-refractivity contribution in [2.45, 2.75) is 219 Å². The standard InChI is InChI=1S/C41H78O3/c1-3-5-7-9-11-13-15-17-19-21-22-23-24-26-28-30-32-34-36-38-40-44-41(42)43-39-37-35-33-31-29-27-25-20-18-16-14-12-10-8-6-4-2/h17-20H,3-16,21-40H2,1-2H3. The molecule has 0 aliphatic carbocycles. The first kappa shape index (κ1) is 42.8. The predicted octanol–water partition coefficient (Wildman–Crippen LogP) is 14.8. The van der Waals surface area contributed by atoms with Crippen LogP contribution in [0, 0.1) is 0 Å². The minimum atomic E-state index is -0.481. The number of allylic oxidation sites excluding steroid dienone is 4. The van der Waals surface area contributed by atoms with Crippen LogP contribution in [-0.2, 0) is 9.47 Å². The van der Waals surface area contributed by atoms with Crippen molar-refractivity contribution in [3.63, 3.8) is 0 Å². The third-order valence-corrected chi connectivity index (χ3v) is 8.75. The average molecular weight is 619 g/mol. The average Bonchev–Trinajstić information content (AvgIpc) is 3.03. The Morgan fingerprint density at radius 1 is 0.341 bits per heavy atom. The van der Waals surface area contributed by atoms with Gasteiger partial charge in [-0.15, -0.1) is 0 Å². The summed E-state index contributed by atoms with van der Waals surface area (Å²) in [5.41, 5.74) is 0. The SMILES string of the molecule is CCCCCCCCC=CCCCCCCCCCCCCOC(=O)OCCCCCCCCC=CCCCCCCCC. The quantitative estimate of drug-likeness (QED) is 0.0398. The number of carbonyl (C=O) groups is 1. The summed E-state index contributed by atoms with van der Waals surface area (Å²) < 4.78 is 10.5. The van der Waals surface area contributed by atoms with Crippen LogP contribution in [0.4, 0.5) is 4.79 Å². The zero-order chi connectivity index (χ0) is 31.9. The summed E-state index contributed by atoms with van der Waals surface area (Å²) in [4.78, 5) is 11.7. The van der Waals surface area contributed by atoms with Crippen LogP contribution in [0.25, 0.3) is 0 Å². The van der Waals surface area contributed by atoms with Gasteiger partial charge in [0.05, 0.1) is 13.2 Å². The lowest BCUT2D eigenvalue weighted by atomic mass is 10.1. The van der Waals surface area contributed by atoms with E-state index in [2.05, 4.69) is 38.2 Å². The van der Waals surface area contributed by atoms with Crippen molar-refractivity contribution < 1.29 is 14.3 Å². The summed E-state index contributed by atoms with van der Waals surface area (Å²) in [7, 11) is 0. The predicted molar refractivity (Wildman–Crippen MR) is 195 cm³/mol. The topological polar surface area (TPSA) is 35.5 Å². The van der Waals surface area contributed by atoms with Gasteiger partial charge in [0.1, 0.15) is 0 Å². The molecule has 0 spiro atoms. The third kappa shape index (κ3) is 38.8. The highest BCUT2D eigenvalue weighted by Gasteiger charge is 2.03. The monoisotopic (exact) mass is 619 g/mol. The molecule has 0 amide bonds. The van der Waals surface area contributed by atoms with Crippen LogP contribution in [0.15, 0.2) is 24.3 Å². The first-order chi connectivity index (χ1) is 21.8. The Morgan fingerprint density at radius 3 is 0.841 bits per heavy atom. The van der Waals surface area contributed by atoms with E-state index in [0.717, 1.165) is 25.7 Å². The van der Waals surface area contributed by atoms with Gasteiger partial charge in [0.25, 0.3) is 0 Å². The van der Waals surface area contributed by atoms with Crippen molar-refractivity contribution in [3.05, 3.63) is 24.3 Å². The van der Waals surface area contributed by atoms with E-state index in [4.69, 9.17) is 9.47 Å². The Hall–Kier alpha value is -1.25. The molecule has 0 saturated heterocycles. The van der Waals surface area contributed by atoms with Gasteiger partial charge in [-0.25, -0.2) is 4.79 Å². The maximum atomic E-state index is 11.7. The Kier molecular flexibility index (Phi) is 38.6. The van der Waals surface area contributed by atoms with E-state index in [0.29, 0.717) is 13.2 Å². The molecule has 0 aromatic heterocycles. The van der Waals surface area contributed by atoms with Crippen molar-refractivity contribution >= 4 is 6.16 Å². The van der Waals surface area contributed by atoms with Crippen molar-refractivity contribution in [2.75, 3.05) is 13.2 Å². The van der Waals surface area contributed by atoms with Crippen molar-refractivity contribution in [1.82, 2.24) is 0 Å². The van der Waals surface area contributed by atoms with E-state index in [-0.39, 0.29) is 0 Å². The van der Waals surface area contributed by atoms with Gasteiger partial charge in [-0.05, 0) is 64.2 Å². The molecule has 0 rings (SSSR count). The van der Waals surface area contributed by atoms with Gasteiger partial charge in [0.15, 0.2) is 0 Å². The smallest absolute Gasteiger partial charge is 0.434 e. The van der Waals surface area contributed by atoms with E-state index in [9.17, 15) is 4.79 Å². The lowest BCUT2D eigenvalue weighted by Crippen LogP contribution is -2.09. The van der Waals surface area contributed by atoms with Gasteiger partial charge >= 0.3 is 6.16 Å². The first-order valence-electron chi connectivity index (χ1n) is 19.9. The van der Waals surface area contributed by atoms with Gasteiger partial charge in [-0.3, -0.25) is 0 Å². The summed E-state index contributed by atoms with van der Waals surface area (Å²) in [6.07, 6.45) is 50.9. The highest BCUT2D eigenvalue weighted by atomic mass is 16.7. The largest absolute Gasteiger partial charge is 0.508 e. The molecule has 3 heteroatoms. The maximum absolute atomic E-state index is 11.7. The van der Waals surface area contributed by atoms with Crippen molar-refractivity contribution in [2.24, 2.45) is 0 Å². The van der Waals surface area contributed by atoms with Crippen LogP contribution >= 0.6 is 0 Å². The van der Waals surface area contributed by atoms with E-state index in [1.807, 2.05) is 0 Å². The molecule has 0 radical (unpaired) electrons. The molecule has 0 bridgehead atoms. The normalized spacial score (nSPS) is 11.7. The lowest BCUT2D eigenvalue weighted by molar-refractivity contribution is 0.0529. The molecule has 3 nitrogen and oxygen atoms in total. The summed E-state index contributed by atoms with van der Waals surface area (Å²) in [6, 6.07) is 0. The zero-order valence-corrected chi connectivity index (χ0v) is 30.1. The number of unbranched alkanes of at least 4 members (excludes halogenated alkanes) is 28. The summed E-state index contributed by atoms with van der Waals surface area (Å²) >= 11 is 0.